The molecule has 6 nitrogen and oxygen atoms in total. The van der Waals surface area contributed by atoms with Gasteiger partial charge in [-0.15, -0.1) is 0 Å². The summed E-state index contributed by atoms with van der Waals surface area (Å²) in [5.74, 6) is 1.28. The number of ether oxygens (including phenoxy) is 2. The SMILES string of the molecule is C[C@@H]1[C@H](CSCCO)O[C@H](c2cccc(NC(=O)c3ccccc3)c2)O[C@@H]1c1ccc(CO)cc1. The number of hydrogen-bond acceptors (Lipinski definition) is 6. The van der Waals surface area contributed by atoms with E-state index in [0.717, 1.165) is 22.4 Å². The molecule has 4 rings (SSSR count). The lowest BCUT2D eigenvalue weighted by Gasteiger charge is -2.41. The quantitative estimate of drug-likeness (QED) is 0.366. The number of benzene rings is 3. The third-order valence-corrected chi connectivity index (χ3v) is 7.13. The Labute approximate surface area is 210 Å². The zero-order valence-corrected chi connectivity index (χ0v) is 20.5. The Morgan fingerprint density at radius 3 is 2.43 bits per heavy atom. The summed E-state index contributed by atoms with van der Waals surface area (Å²) < 4.78 is 12.9. The molecule has 0 unspecified atom stereocenters. The number of aliphatic hydroxyl groups is 2. The number of anilines is 1. The van der Waals surface area contributed by atoms with Crippen LogP contribution in [0.4, 0.5) is 5.69 Å². The van der Waals surface area contributed by atoms with Crippen LogP contribution >= 0.6 is 11.8 Å². The van der Waals surface area contributed by atoms with E-state index in [9.17, 15) is 15.0 Å². The maximum Gasteiger partial charge on any atom is 0.255 e. The Morgan fingerprint density at radius 1 is 0.943 bits per heavy atom. The highest BCUT2D eigenvalue weighted by molar-refractivity contribution is 7.99. The average molecular weight is 494 g/mol. The van der Waals surface area contributed by atoms with Gasteiger partial charge < -0.3 is 25.0 Å². The molecule has 1 aliphatic heterocycles. The van der Waals surface area contributed by atoms with Crippen molar-refractivity contribution in [3.63, 3.8) is 0 Å². The highest BCUT2D eigenvalue weighted by atomic mass is 32.2. The molecule has 0 spiro atoms. The molecule has 3 aromatic carbocycles. The average Bonchev–Trinajstić information content (AvgIpc) is 2.90. The van der Waals surface area contributed by atoms with Crippen molar-refractivity contribution < 1.29 is 24.5 Å². The molecule has 1 fully saturated rings. The molecular formula is C28H31NO5S. The van der Waals surface area contributed by atoms with Gasteiger partial charge in [-0.1, -0.05) is 61.5 Å². The minimum atomic E-state index is -0.609. The number of amides is 1. The first-order chi connectivity index (χ1) is 17.1. The molecule has 3 aromatic rings. The molecule has 0 radical (unpaired) electrons. The van der Waals surface area contributed by atoms with Gasteiger partial charge in [0.1, 0.15) is 0 Å². The molecule has 0 aliphatic carbocycles. The maximum absolute atomic E-state index is 12.6. The van der Waals surface area contributed by atoms with Gasteiger partial charge in [-0.3, -0.25) is 4.79 Å². The van der Waals surface area contributed by atoms with Crippen LogP contribution in [0.3, 0.4) is 0 Å². The number of hydrogen-bond donors (Lipinski definition) is 3. The molecule has 7 heteroatoms. The largest absolute Gasteiger partial charge is 0.396 e. The number of carbonyl (C=O) groups excluding carboxylic acids is 1. The number of aliphatic hydroxyl groups excluding tert-OH is 2. The van der Waals surface area contributed by atoms with E-state index in [0.29, 0.717) is 17.0 Å². The summed E-state index contributed by atoms with van der Waals surface area (Å²) in [4.78, 5) is 12.6. The second-order valence-electron chi connectivity index (χ2n) is 8.57. The van der Waals surface area contributed by atoms with Gasteiger partial charge in [-0.25, -0.2) is 0 Å². The summed E-state index contributed by atoms with van der Waals surface area (Å²) >= 11 is 1.65. The lowest BCUT2D eigenvalue weighted by Crippen LogP contribution is -2.38. The summed E-state index contributed by atoms with van der Waals surface area (Å²) in [7, 11) is 0. The first-order valence-corrected chi connectivity index (χ1v) is 12.9. The van der Waals surface area contributed by atoms with Crippen LogP contribution in [0.25, 0.3) is 0 Å². The fourth-order valence-corrected chi connectivity index (χ4v) is 5.04. The smallest absolute Gasteiger partial charge is 0.255 e. The highest BCUT2D eigenvalue weighted by Crippen LogP contribution is 2.42. The molecule has 0 aromatic heterocycles. The lowest BCUT2D eigenvalue weighted by molar-refractivity contribution is -0.268. The Balaban J connectivity index is 1.56. The van der Waals surface area contributed by atoms with Crippen LogP contribution in [0.1, 0.15) is 46.4 Å². The first kappa shape index (κ1) is 25.4. The van der Waals surface area contributed by atoms with Crippen molar-refractivity contribution in [2.24, 2.45) is 5.92 Å². The molecule has 3 N–H and O–H groups in total. The standard InChI is InChI=1S/C28H31NO5S/c1-19-25(18-35-15-14-30)33-28(34-26(19)21-12-10-20(17-31)11-13-21)23-8-5-9-24(16-23)29-27(32)22-6-3-2-4-7-22/h2-13,16,19,25-26,28,30-31H,14-15,17-18H2,1H3,(H,29,32)/t19-,25+,26+,28+/m1/s1. The Hall–Kier alpha value is -2.68. The molecule has 1 aliphatic rings. The van der Waals surface area contributed by atoms with Gasteiger partial charge in [0.25, 0.3) is 5.91 Å². The van der Waals surface area contributed by atoms with E-state index in [2.05, 4.69) is 12.2 Å². The van der Waals surface area contributed by atoms with Crippen LogP contribution in [-0.4, -0.2) is 40.3 Å². The Kier molecular flexibility index (Phi) is 8.95. The van der Waals surface area contributed by atoms with Gasteiger partial charge >= 0.3 is 0 Å². The van der Waals surface area contributed by atoms with Gasteiger partial charge in [0.15, 0.2) is 6.29 Å². The van der Waals surface area contributed by atoms with Crippen LogP contribution < -0.4 is 5.32 Å². The van der Waals surface area contributed by atoms with Gasteiger partial charge in [0, 0.05) is 34.2 Å². The molecule has 0 saturated carbocycles. The van der Waals surface area contributed by atoms with Crippen molar-refractivity contribution >= 4 is 23.4 Å². The van der Waals surface area contributed by atoms with E-state index in [4.69, 9.17) is 9.47 Å². The summed E-state index contributed by atoms with van der Waals surface area (Å²) in [6.45, 7) is 2.23. The minimum Gasteiger partial charge on any atom is -0.396 e. The van der Waals surface area contributed by atoms with Crippen molar-refractivity contribution in [1.29, 1.82) is 0 Å². The van der Waals surface area contributed by atoms with Gasteiger partial charge in [-0.2, -0.15) is 11.8 Å². The maximum atomic E-state index is 12.6. The van der Waals surface area contributed by atoms with E-state index in [-0.39, 0.29) is 37.2 Å². The zero-order chi connectivity index (χ0) is 24.6. The molecule has 1 saturated heterocycles. The zero-order valence-electron chi connectivity index (χ0n) is 19.7. The summed E-state index contributed by atoms with van der Waals surface area (Å²) in [5, 5.41) is 21.6. The van der Waals surface area contributed by atoms with E-state index >= 15 is 0 Å². The van der Waals surface area contributed by atoms with Gasteiger partial charge in [0.05, 0.1) is 25.4 Å². The normalized spacial score (nSPS) is 22.0. The predicted molar refractivity (Wildman–Crippen MR) is 138 cm³/mol. The third kappa shape index (κ3) is 6.51. The van der Waals surface area contributed by atoms with Crippen LogP contribution in [-0.2, 0) is 16.1 Å². The lowest BCUT2D eigenvalue weighted by atomic mass is 9.91. The third-order valence-electron chi connectivity index (χ3n) is 6.09. The summed E-state index contributed by atoms with van der Waals surface area (Å²) in [6.07, 6.45) is -0.902. The molecular weight excluding hydrogens is 462 g/mol. The van der Waals surface area contributed by atoms with Crippen LogP contribution in [0, 0.1) is 5.92 Å². The van der Waals surface area contributed by atoms with Crippen LogP contribution in [0.2, 0.25) is 0 Å². The van der Waals surface area contributed by atoms with Crippen molar-refractivity contribution in [1.82, 2.24) is 0 Å². The fraction of sp³-hybridized carbons (Fsp3) is 0.321. The van der Waals surface area contributed by atoms with Crippen LogP contribution in [0.15, 0.2) is 78.9 Å². The van der Waals surface area contributed by atoms with Crippen molar-refractivity contribution in [2.45, 2.75) is 32.0 Å². The highest BCUT2D eigenvalue weighted by Gasteiger charge is 2.38. The topological polar surface area (TPSA) is 88.0 Å². The molecule has 1 amide bonds. The van der Waals surface area contributed by atoms with Crippen molar-refractivity contribution in [3.8, 4) is 0 Å². The summed E-state index contributed by atoms with van der Waals surface area (Å²) in [5.41, 5.74) is 3.94. The van der Waals surface area contributed by atoms with E-state index in [1.807, 2.05) is 66.7 Å². The Morgan fingerprint density at radius 2 is 1.71 bits per heavy atom. The van der Waals surface area contributed by atoms with E-state index in [1.165, 1.54) is 0 Å². The number of rotatable bonds is 9. The van der Waals surface area contributed by atoms with Crippen molar-refractivity contribution in [3.05, 3.63) is 101 Å². The fourth-order valence-electron chi connectivity index (χ4n) is 4.13. The molecule has 0 bridgehead atoms. The minimum absolute atomic E-state index is 0.00495. The second kappa shape index (κ2) is 12.3. The summed E-state index contributed by atoms with van der Waals surface area (Å²) in [6, 6.07) is 24.4. The van der Waals surface area contributed by atoms with E-state index < -0.39 is 6.29 Å². The number of thioether (sulfide) groups is 1. The molecule has 1 heterocycles. The van der Waals surface area contributed by atoms with Crippen LogP contribution in [0.5, 0.6) is 0 Å². The molecule has 184 valence electrons. The monoisotopic (exact) mass is 493 g/mol. The predicted octanol–water partition coefficient (Wildman–Crippen LogP) is 4.95. The van der Waals surface area contributed by atoms with Gasteiger partial charge in [0.2, 0.25) is 0 Å². The van der Waals surface area contributed by atoms with Crippen molar-refractivity contribution in [2.75, 3.05) is 23.4 Å². The Bertz CT molecular complexity index is 1090. The number of carbonyl (C=O) groups is 1. The number of nitrogens with one attached hydrogen (secondary N) is 1. The first-order valence-electron chi connectivity index (χ1n) is 11.7. The molecule has 4 atom stereocenters. The van der Waals surface area contributed by atoms with E-state index in [1.54, 1.807) is 23.9 Å². The second-order valence-corrected chi connectivity index (χ2v) is 9.72. The molecule has 35 heavy (non-hydrogen) atoms. The van der Waals surface area contributed by atoms with Gasteiger partial charge in [-0.05, 0) is 35.4 Å².